The highest BCUT2D eigenvalue weighted by Gasteiger charge is 2.26. The van der Waals surface area contributed by atoms with Crippen LogP contribution in [0.3, 0.4) is 0 Å². The fraction of sp³-hybridized carbons (Fsp3) is 0.800. The van der Waals surface area contributed by atoms with Crippen LogP contribution in [0.15, 0.2) is 0 Å². The Labute approximate surface area is 80.3 Å². The van der Waals surface area contributed by atoms with Crippen LogP contribution in [0.4, 0.5) is 0 Å². The summed E-state index contributed by atoms with van der Waals surface area (Å²) in [6.45, 7) is 8.48. The number of carbonyl (C=O) groups excluding carboxylic acids is 1. The SMILES string of the molecule is CCCN(CC#N)C(=O)C(C)(C)C. The van der Waals surface area contributed by atoms with E-state index in [-0.39, 0.29) is 17.9 Å². The molecule has 3 heteroatoms. The highest BCUT2D eigenvalue weighted by atomic mass is 16.2. The van der Waals surface area contributed by atoms with Crippen molar-refractivity contribution in [2.24, 2.45) is 5.41 Å². The number of nitriles is 1. The van der Waals surface area contributed by atoms with E-state index in [4.69, 9.17) is 5.26 Å². The summed E-state index contributed by atoms with van der Waals surface area (Å²) in [6.07, 6.45) is 0.892. The lowest BCUT2D eigenvalue weighted by molar-refractivity contribution is -0.138. The Morgan fingerprint density at radius 3 is 2.31 bits per heavy atom. The first-order valence-corrected chi connectivity index (χ1v) is 4.59. The van der Waals surface area contributed by atoms with Gasteiger partial charge >= 0.3 is 0 Å². The van der Waals surface area contributed by atoms with Crippen LogP contribution >= 0.6 is 0 Å². The van der Waals surface area contributed by atoms with E-state index >= 15 is 0 Å². The molecule has 0 saturated heterocycles. The molecule has 0 aliphatic heterocycles. The van der Waals surface area contributed by atoms with Crippen LogP contribution in [-0.2, 0) is 4.79 Å². The molecule has 0 aliphatic rings. The molecule has 0 heterocycles. The molecule has 0 radical (unpaired) electrons. The van der Waals surface area contributed by atoms with E-state index in [1.165, 1.54) is 0 Å². The predicted octanol–water partition coefficient (Wildman–Crippen LogP) is 1.79. The number of nitrogens with zero attached hydrogens (tertiary/aromatic N) is 2. The van der Waals surface area contributed by atoms with Crippen molar-refractivity contribution in [2.75, 3.05) is 13.1 Å². The Balaban J connectivity index is 4.38. The molecule has 1 amide bonds. The van der Waals surface area contributed by atoms with Crippen LogP contribution in [0, 0.1) is 16.7 Å². The van der Waals surface area contributed by atoms with Crippen LogP contribution in [-0.4, -0.2) is 23.9 Å². The van der Waals surface area contributed by atoms with Gasteiger partial charge in [0.2, 0.25) is 5.91 Å². The first-order valence-electron chi connectivity index (χ1n) is 4.59. The molecule has 0 N–H and O–H groups in total. The highest BCUT2D eigenvalue weighted by molar-refractivity contribution is 5.81. The first-order chi connectivity index (χ1) is 5.93. The summed E-state index contributed by atoms with van der Waals surface area (Å²) in [4.78, 5) is 13.3. The summed E-state index contributed by atoms with van der Waals surface area (Å²) in [5.74, 6) is 0.0518. The van der Waals surface area contributed by atoms with E-state index in [0.717, 1.165) is 6.42 Å². The molecule has 0 saturated carbocycles. The molecule has 0 spiro atoms. The van der Waals surface area contributed by atoms with Crippen LogP contribution in [0.2, 0.25) is 0 Å². The van der Waals surface area contributed by atoms with Crippen molar-refractivity contribution < 1.29 is 4.79 Å². The zero-order valence-electron chi connectivity index (χ0n) is 8.92. The van der Waals surface area contributed by atoms with Gasteiger partial charge in [-0.25, -0.2) is 0 Å². The molecule has 0 fully saturated rings. The van der Waals surface area contributed by atoms with Gasteiger partial charge in [0.05, 0.1) is 6.07 Å². The average Bonchev–Trinajstić information content (AvgIpc) is 2.01. The molecule has 0 atom stereocenters. The zero-order valence-corrected chi connectivity index (χ0v) is 8.92. The number of hydrogen-bond donors (Lipinski definition) is 0. The van der Waals surface area contributed by atoms with E-state index in [2.05, 4.69) is 0 Å². The monoisotopic (exact) mass is 182 g/mol. The predicted molar refractivity (Wildman–Crippen MR) is 51.9 cm³/mol. The summed E-state index contributed by atoms with van der Waals surface area (Å²) >= 11 is 0. The Bertz CT molecular complexity index is 210. The molecule has 0 bridgehead atoms. The molecule has 0 rings (SSSR count). The Hall–Kier alpha value is -1.04. The molecule has 3 nitrogen and oxygen atoms in total. The van der Waals surface area contributed by atoms with E-state index < -0.39 is 0 Å². The molecule has 0 unspecified atom stereocenters. The van der Waals surface area contributed by atoms with Crippen LogP contribution in [0.5, 0.6) is 0 Å². The maximum absolute atomic E-state index is 11.7. The number of carbonyl (C=O) groups is 1. The van der Waals surface area contributed by atoms with Crippen LogP contribution < -0.4 is 0 Å². The number of rotatable bonds is 3. The lowest BCUT2D eigenvalue weighted by Crippen LogP contribution is -2.40. The molecule has 74 valence electrons. The molecular formula is C10H18N2O. The third kappa shape index (κ3) is 3.93. The third-order valence-corrected chi connectivity index (χ3v) is 1.68. The molecular weight excluding hydrogens is 164 g/mol. The van der Waals surface area contributed by atoms with E-state index in [1.807, 2.05) is 33.8 Å². The maximum Gasteiger partial charge on any atom is 0.228 e. The van der Waals surface area contributed by atoms with Gasteiger partial charge in [0.1, 0.15) is 6.54 Å². The van der Waals surface area contributed by atoms with E-state index in [9.17, 15) is 4.79 Å². The summed E-state index contributed by atoms with van der Waals surface area (Å²) in [6, 6.07) is 2.01. The van der Waals surface area contributed by atoms with Gasteiger partial charge in [-0.2, -0.15) is 5.26 Å². The number of amides is 1. The van der Waals surface area contributed by atoms with Gasteiger partial charge in [-0.15, -0.1) is 0 Å². The van der Waals surface area contributed by atoms with Gasteiger partial charge < -0.3 is 4.90 Å². The number of hydrogen-bond acceptors (Lipinski definition) is 2. The molecule has 0 aliphatic carbocycles. The molecule has 0 aromatic rings. The Kier molecular flexibility index (Phi) is 4.47. The van der Waals surface area contributed by atoms with Gasteiger partial charge in [-0.05, 0) is 6.42 Å². The molecule has 0 aromatic heterocycles. The first kappa shape index (κ1) is 12.0. The zero-order chi connectivity index (χ0) is 10.5. The van der Waals surface area contributed by atoms with E-state index in [0.29, 0.717) is 6.54 Å². The fourth-order valence-corrected chi connectivity index (χ4v) is 1.08. The summed E-state index contributed by atoms with van der Waals surface area (Å²) < 4.78 is 0. The topological polar surface area (TPSA) is 44.1 Å². The minimum atomic E-state index is -0.383. The smallest absolute Gasteiger partial charge is 0.228 e. The van der Waals surface area contributed by atoms with E-state index in [1.54, 1.807) is 4.90 Å². The third-order valence-electron chi connectivity index (χ3n) is 1.68. The quantitative estimate of drug-likeness (QED) is 0.625. The lowest BCUT2D eigenvalue weighted by Gasteiger charge is -2.27. The second kappa shape index (κ2) is 4.86. The molecule has 13 heavy (non-hydrogen) atoms. The summed E-state index contributed by atoms with van der Waals surface area (Å²) in [7, 11) is 0. The largest absolute Gasteiger partial charge is 0.329 e. The molecule has 0 aromatic carbocycles. The van der Waals surface area contributed by atoms with Crippen molar-refractivity contribution in [3.05, 3.63) is 0 Å². The maximum atomic E-state index is 11.7. The minimum Gasteiger partial charge on any atom is -0.329 e. The second-order valence-corrected chi connectivity index (χ2v) is 4.13. The van der Waals surface area contributed by atoms with Gasteiger partial charge in [-0.1, -0.05) is 27.7 Å². The summed E-state index contributed by atoms with van der Waals surface area (Å²) in [5.41, 5.74) is -0.383. The second-order valence-electron chi connectivity index (χ2n) is 4.13. The Morgan fingerprint density at radius 2 is 2.00 bits per heavy atom. The van der Waals surface area contributed by atoms with Crippen molar-refractivity contribution in [3.63, 3.8) is 0 Å². The van der Waals surface area contributed by atoms with Gasteiger partial charge in [0.15, 0.2) is 0 Å². The van der Waals surface area contributed by atoms with Gasteiger partial charge in [-0.3, -0.25) is 4.79 Å². The van der Waals surface area contributed by atoms with Crippen molar-refractivity contribution >= 4 is 5.91 Å². The fourth-order valence-electron chi connectivity index (χ4n) is 1.08. The van der Waals surface area contributed by atoms with Crippen molar-refractivity contribution in [2.45, 2.75) is 34.1 Å². The Morgan fingerprint density at radius 1 is 1.46 bits per heavy atom. The van der Waals surface area contributed by atoms with Gasteiger partial charge in [0, 0.05) is 12.0 Å². The minimum absolute atomic E-state index is 0.0518. The normalized spacial score (nSPS) is 10.7. The highest BCUT2D eigenvalue weighted by Crippen LogP contribution is 2.17. The summed E-state index contributed by atoms with van der Waals surface area (Å²) in [5, 5.41) is 8.53. The van der Waals surface area contributed by atoms with Crippen molar-refractivity contribution in [3.8, 4) is 6.07 Å². The average molecular weight is 182 g/mol. The van der Waals surface area contributed by atoms with Crippen molar-refractivity contribution in [1.29, 1.82) is 5.26 Å². The van der Waals surface area contributed by atoms with Crippen molar-refractivity contribution in [1.82, 2.24) is 4.90 Å². The van der Waals surface area contributed by atoms with Crippen LogP contribution in [0.25, 0.3) is 0 Å². The standard InChI is InChI=1S/C10H18N2O/c1-5-7-12(8-6-11)9(13)10(2,3)4/h5,7-8H2,1-4H3. The lowest BCUT2D eigenvalue weighted by atomic mass is 9.94. The van der Waals surface area contributed by atoms with Crippen LogP contribution in [0.1, 0.15) is 34.1 Å². The van der Waals surface area contributed by atoms with Gasteiger partial charge in [0.25, 0.3) is 0 Å².